The number of carboxylic acid groups (broad SMARTS) is 1. The van der Waals surface area contributed by atoms with Gasteiger partial charge in [0, 0.05) is 6.42 Å². The minimum Gasteiger partial charge on any atom is -0.478 e. The van der Waals surface area contributed by atoms with Crippen molar-refractivity contribution in [1.82, 2.24) is 0 Å². The molecule has 0 aliphatic rings. The molecule has 0 aromatic heterocycles. The molecular weight excluding hydrogens is 340 g/mol. The van der Waals surface area contributed by atoms with Crippen LogP contribution < -0.4 is 0 Å². The zero-order chi connectivity index (χ0) is 18.2. The Labute approximate surface area is 151 Å². The van der Waals surface area contributed by atoms with Crippen molar-refractivity contribution < 1.29 is 19.4 Å². The molecule has 5 heteroatoms. The molecule has 0 spiro atoms. The number of methoxy groups -OCH3 is 1. The minimum absolute atomic E-state index is 0.0954. The molecule has 2 rings (SSSR count). The van der Waals surface area contributed by atoms with Crippen molar-refractivity contribution in [3.63, 3.8) is 0 Å². The lowest BCUT2D eigenvalue weighted by atomic mass is 10.0. The maximum atomic E-state index is 11.5. The van der Waals surface area contributed by atoms with E-state index < -0.39 is 5.97 Å². The third kappa shape index (κ3) is 5.19. The van der Waals surface area contributed by atoms with Crippen molar-refractivity contribution in [2.45, 2.75) is 19.3 Å². The Balaban J connectivity index is 2.19. The Bertz CT molecular complexity index is 764. The number of aliphatic carboxylic acids is 1. The van der Waals surface area contributed by atoms with Crippen molar-refractivity contribution in [3.05, 3.63) is 65.7 Å². The van der Waals surface area contributed by atoms with Crippen LogP contribution in [0.25, 0.3) is 16.2 Å². The summed E-state index contributed by atoms with van der Waals surface area (Å²) in [7, 11) is 1.30. The number of carboxylic acids is 1. The summed E-state index contributed by atoms with van der Waals surface area (Å²) in [5.74, 6) is -1.45. The summed E-state index contributed by atoms with van der Waals surface area (Å²) in [6.07, 6.45) is 0.723. The Kier molecular flexibility index (Phi) is 6.78. The lowest BCUT2D eigenvalue weighted by Crippen LogP contribution is -2.05. The summed E-state index contributed by atoms with van der Waals surface area (Å²) in [6, 6.07) is 17.3. The van der Waals surface area contributed by atoms with Crippen LogP contribution in [0.2, 0.25) is 0 Å². The second-order valence-electron chi connectivity index (χ2n) is 5.47. The molecule has 2 aromatic carbocycles. The molecular formula is C20H19ClO4. The fourth-order valence-electron chi connectivity index (χ4n) is 2.44. The van der Waals surface area contributed by atoms with E-state index in [2.05, 4.69) is 4.74 Å². The summed E-state index contributed by atoms with van der Waals surface area (Å²) in [5.41, 5.74) is 2.83. The summed E-state index contributed by atoms with van der Waals surface area (Å²) in [4.78, 5) is 22.6. The average molecular weight is 359 g/mol. The number of ether oxygens (including phenoxy) is 1. The summed E-state index contributed by atoms with van der Waals surface area (Å²) in [5, 5.41) is 9.59. The van der Waals surface area contributed by atoms with E-state index >= 15 is 0 Å². The summed E-state index contributed by atoms with van der Waals surface area (Å²) >= 11 is 6.30. The smallest absolute Gasteiger partial charge is 0.333 e. The van der Waals surface area contributed by atoms with Crippen molar-refractivity contribution in [2.24, 2.45) is 0 Å². The number of benzene rings is 2. The molecule has 0 aliphatic heterocycles. The van der Waals surface area contributed by atoms with E-state index in [0.29, 0.717) is 12.0 Å². The van der Waals surface area contributed by atoms with E-state index in [1.165, 1.54) is 7.11 Å². The van der Waals surface area contributed by atoms with Crippen molar-refractivity contribution in [1.29, 1.82) is 0 Å². The van der Waals surface area contributed by atoms with Gasteiger partial charge in [-0.1, -0.05) is 66.2 Å². The predicted molar refractivity (Wildman–Crippen MR) is 98.2 cm³/mol. The zero-order valence-electron chi connectivity index (χ0n) is 13.9. The van der Waals surface area contributed by atoms with Crippen LogP contribution in [0.1, 0.15) is 24.8 Å². The highest BCUT2D eigenvalue weighted by Crippen LogP contribution is 2.29. The maximum absolute atomic E-state index is 11.5. The van der Waals surface area contributed by atoms with Crippen LogP contribution in [0.4, 0.5) is 0 Å². The van der Waals surface area contributed by atoms with E-state index in [1.807, 2.05) is 42.5 Å². The monoisotopic (exact) mass is 358 g/mol. The molecule has 0 fully saturated rings. The van der Waals surface area contributed by atoms with E-state index in [4.69, 9.17) is 11.6 Å². The first-order valence-corrected chi connectivity index (χ1v) is 8.25. The Morgan fingerprint density at radius 2 is 1.56 bits per heavy atom. The molecule has 0 atom stereocenters. The second kappa shape index (κ2) is 9.04. The Hall–Kier alpha value is -2.59. The third-order valence-electron chi connectivity index (χ3n) is 3.80. The van der Waals surface area contributed by atoms with Gasteiger partial charge < -0.3 is 9.84 Å². The third-order valence-corrected chi connectivity index (χ3v) is 4.25. The molecule has 4 nitrogen and oxygen atoms in total. The van der Waals surface area contributed by atoms with Gasteiger partial charge in [0.15, 0.2) is 0 Å². The molecule has 1 N–H and O–H groups in total. The lowest BCUT2D eigenvalue weighted by molar-refractivity contribution is -0.141. The minimum atomic E-state index is -1.08. The fourth-order valence-corrected chi connectivity index (χ4v) is 2.74. The highest BCUT2D eigenvalue weighted by molar-refractivity contribution is 6.50. The lowest BCUT2D eigenvalue weighted by Gasteiger charge is -2.08. The zero-order valence-corrected chi connectivity index (χ0v) is 14.6. The van der Waals surface area contributed by atoms with Gasteiger partial charge in [-0.2, -0.15) is 0 Å². The quantitative estimate of drug-likeness (QED) is 0.574. The van der Waals surface area contributed by atoms with Gasteiger partial charge in [-0.3, -0.25) is 4.79 Å². The number of carbonyl (C=O) groups excluding carboxylic acids is 1. The van der Waals surface area contributed by atoms with Crippen LogP contribution in [-0.2, 0) is 14.3 Å². The molecule has 0 radical (unpaired) electrons. The number of carbonyl (C=O) groups is 2. The molecule has 0 heterocycles. The van der Waals surface area contributed by atoms with Gasteiger partial charge >= 0.3 is 11.9 Å². The molecule has 0 saturated carbocycles. The van der Waals surface area contributed by atoms with Crippen molar-refractivity contribution >= 4 is 28.6 Å². The van der Waals surface area contributed by atoms with Crippen molar-refractivity contribution in [3.8, 4) is 11.1 Å². The standard InChI is InChI=1S/C20H19ClO4/c1-25-18(22)9-5-8-17(20(23)24)19(21)16-12-10-15(11-13-16)14-6-3-2-4-7-14/h2-4,6-7,10-13H,5,8-9H2,1H3,(H,23,24). The van der Waals surface area contributed by atoms with Gasteiger partial charge in [0.25, 0.3) is 0 Å². The second-order valence-corrected chi connectivity index (χ2v) is 5.85. The van der Waals surface area contributed by atoms with Gasteiger partial charge in [-0.05, 0) is 29.5 Å². The van der Waals surface area contributed by atoms with Crippen LogP contribution in [0.3, 0.4) is 0 Å². The van der Waals surface area contributed by atoms with Gasteiger partial charge in [0.05, 0.1) is 17.7 Å². The first kappa shape index (κ1) is 18.7. The number of hydrogen-bond donors (Lipinski definition) is 1. The molecule has 0 aliphatic carbocycles. The SMILES string of the molecule is COC(=O)CCCC(C(=O)O)=C(Cl)c1ccc(-c2ccccc2)cc1. The topological polar surface area (TPSA) is 63.6 Å². The molecule has 25 heavy (non-hydrogen) atoms. The first-order chi connectivity index (χ1) is 12.0. The number of esters is 1. The summed E-state index contributed by atoms with van der Waals surface area (Å²) < 4.78 is 4.56. The predicted octanol–water partition coefficient (Wildman–Crippen LogP) is 4.73. The van der Waals surface area contributed by atoms with E-state index in [-0.39, 0.29) is 29.4 Å². The molecule has 0 bridgehead atoms. The average Bonchev–Trinajstić information content (AvgIpc) is 2.65. The van der Waals surface area contributed by atoms with Gasteiger partial charge in [0.1, 0.15) is 0 Å². The molecule has 2 aromatic rings. The van der Waals surface area contributed by atoms with Crippen LogP contribution in [0.15, 0.2) is 60.2 Å². The Morgan fingerprint density at radius 1 is 0.960 bits per heavy atom. The van der Waals surface area contributed by atoms with E-state index in [0.717, 1.165) is 11.1 Å². The molecule has 0 saturated heterocycles. The Morgan fingerprint density at radius 3 is 2.12 bits per heavy atom. The van der Waals surface area contributed by atoms with Crippen molar-refractivity contribution in [2.75, 3.05) is 7.11 Å². The maximum Gasteiger partial charge on any atom is 0.333 e. The fraction of sp³-hybridized carbons (Fsp3) is 0.200. The van der Waals surface area contributed by atoms with E-state index in [9.17, 15) is 14.7 Å². The van der Waals surface area contributed by atoms with Gasteiger partial charge in [-0.15, -0.1) is 0 Å². The molecule has 130 valence electrons. The number of hydrogen-bond acceptors (Lipinski definition) is 3. The van der Waals surface area contributed by atoms with Crippen LogP contribution in [0, 0.1) is 0 Å². The highest BCUT2D eigenvalue weighted by Gasteiger charge is 2.15. The summed E-state index contributed by atoms with van der Waals surface area (Å²) in [6.45, 7) is 0. The molecule has 0 unspecified atom stereocenters. The number of halogens is 1. The first-order valence-electron chi connectivity index (χ1n) is 7.87. The van der Waals surface area contributed by atoms with Gasteiger partial charge in [0.2, 0.25) is 0 Å². The van der Waals surface area contributed by atoms with Crippen LogP contribution >= 0.6 is 11.6 Å². The number of rotatable bonds is 7. The highest BCUT2D eigenvalue weighted by atomic mass is 35.5. The normalized spacial score (nSPS) is 11.6. The largest absolute Gasteiger partial charge is 0.478 e. The molecule has 0 amide bonds. The van der Waals surface area contributed by atoms with Crippen LogP contribution in [0.5, 0.6) is 0 Å². The van der Waals surface area contributed by atoms with Crippen LogP contribution in [-0.4, -0.2) is 24.2 Å². The van der Waals surface area contributed by atoms with Gasteiger partial charge in [-0.25, -0.2) is 4.79 Å². The van der Waals surface area contributed by atoms with E-state index in [1.54, 1.807) is 12.1 Å².